The number of hydrogen-bond acceptors (Lipinski definition) is 10. The number of benzene rings is 1. The van der Waals surface area contributed by atoms with Crippen LogP contribution in [-0.2, 0) is 19.0 Å². The van der Waals surface area contributed by atoms with Crippen molar-refractivity contribution in [2.45, 2.75) is 37.5 Å². The maximum absolute atomic E-state index is 13.4. The molecule has 1 N–H and O–H groups in total. The maximum atomic E-state index is 13.4. The van der Waals surface area contributed by atoms with Crippen LogP contribution in [-0.4, -0.2) is 104 Å². The second-order valence-corrected chi connectivity index (χ2v) is 11.3. The van der Waals surface area contributed by atoms with Gasteiger partial charge < -0.3 is 38.6 Å². The predicted molar refractivity (Wildman–Crippen MR) is 148 cm³/mol. The molecule has 1 saturated carbocycles. The Hall–Kier alpha value is -3.61. The van der Waals surface area contributed by atoms with Crippen LogP contribution in [0.2, 0.25) is 0 Å². The molecule has 3 aromatic rings. The molecule has 4 aliphatic rings. The molecule has 12 nitrogen and oxygen atoms in total. The van der Waals surface area contributed by atoms with Crippen molar-refractivity contribution in [2.24, 2.45) is 5.41 Å². The molecule has 2 atom stereocenters. The quantitative estimate of drug-likeness (QED) is 0.428. The van der Waals surface area contributed by atoms with E-state index >= 15 is 0 Å². The van der Waals surface area contributed by atoms with Gasteiger partial charge in [0.1, 0.15) is 24.6 Å². The molecule has 2 aromatic heterocycles. The van der Waals surface area contributed by atoms with Gasteiger partial charge in [-0.2, -0.15) is 10.1 Å². The van der Waals surface area contributed by atoms with Crippen molar-refractivity contribution in [3.63, 3.8) is 0 Å². The molecular formula is C29H35N5O7. The Morgan fingerprint density at radius 3 is 2.83 bits per heavy atom. The summed E-state index contributed by atoms with van der Waals surface area (Å²) in [6.45, 7) is 3.68. The van der Waals surface area contributed by atoms with Gasteiger partial charge in [0, 0.05) is 49.4 Å². The average Bonchev–Trinajstić information content (AvgIpc) is 3.47. The topological polar surface area (TPSA) is 118 Å². The lowest BCUT2D eigenvalue weighted by Gasteiger charge is -2.52. The first-order valence-corrected chi connectivity index (χ1v) is 14.1. The molecule has 5 heterocycles. The summed E-state index contributed by atoms with van der Waals surface area (Å²) in [7, 11) is 3.26. The number of amides is 1. The van der Waals surface area contributed by atoms with Crippen LogP contribution in [0, 0.1) is 5.41 Å². The lowest BCUT2D eigenvalue weighted by Crippen LogP contribution is -2.56. The van der Waals surface area contributed by atoms with E-state index in [0.717, 1.165) is 42.9 Å². The summed E-state index contributed by atoms with van der Waals surface area (Å²) >= 11 is 0. The molecular weight excluding hydrogens is 530 g/mol. The molecule has 3 aliphatic heterocycles. The number of ether oxygens (including phenoxy) is 6. The Kier molecular flexibility index (Phi) is 6.84. The van der Waals surface area contributed by atoms with Crippen LogP contribution < -0.4 is 19.5 Å². The summed E-state index contributed by atoms with van der Waals surface area (Å²) in [5.41, 5.74) is 3.53. The van der Waals surface area contributed by atoms with E-state index in [2.05, 4.69) is 10.4 Å². The SMILES string of the molecule is COCCO[C@@H]1C[C@H]2COc3nc4c(cnn4cc3OC3CC4(COC4)C3)-c3cc(cc(OC)c3)NCCN2C1=O. The van der Waals surface area contributed by atoms with Gasteiger partial charge in [-0.3, -0.25) is 4.79 Å². The Labute approximate surface area is 237 Å². The smallest absolute Gasteiger partial charge is 0.260 e. The zero-order valence-electron chi connectivity index (χ0n) is 23.3. The second-order valence-electron chi connectivity index (χ2n) is 11.3. The number of hydrogen-bond donors (Lipinski definition) is 1. The minimum absolute atomic E-state index is 0.0460. The van der Waals surface area contributed by atoms with E-state index in [1.54, 1.807) is 24.9 Å². The Bertz CT molecular complexity index is 1430. The van der Waals surface area contributed by atoms with Gasteiger partial charge in [-0.05, 0) is 30.5 Å². The number of fused-ring (bicyclic) bond motifs is 5. The Morgan fingerprint density at radius 2 is 2.05 bits per heavy atom. The molecule has 7 rings (SSSR count). The lowest BCUT2D eigenvalue weighted by atomic mass is 9.65. The number of aromatic nitrogens is 3. The highest BCUT2D eigenvalue weighted by Crippen LogP contribution is 2.49. The molecule has 1 spiro atoms. The molecule has 1 amide bonds. The van der Waals surface area contributed by atoms with Crippen LogP contribution in [0.3, 0.4) is 0 Å². The third-order valence-corrected chi connectivity index (χ3v) is 8.50. The van der Waals surface area contributed by atoms with Crippen molar-refractivity contribution >= 4 is 17.2 Å². The fraction of sp³-hybridized carbons (Fsp3) is 0.552. The molecule has 12 heteroatoms. The number of carbonyl (C=O) groups is 1. The minimum atomic E-state index is -0.540. The van der Waals surface area contributed by atoms with Crippen LogP contribution in [0.5, 0.6) is 17.4 Å². The number of nitrogens with one attached hydrogen (secondary N) is 1. The molecule has 2 saturated heterocycles. The third kappa shape index (κ3) is 4.93. The van der Waals surface area contributed by atoms with Gasteiger partial charge in [-0.15, -0.1) is 0 Å². The highest BCUT2D eigenvalue weighted by Gasteiger charge is 2.51. The van der Waals surface area contributed by atoms with E-state index in [0.29, 0.717) is 55.8 Å². The maximum Gasteiger partial charge on any atom is 0.260 e. The first-order chi connectivity index (χ1) is 20.0. The molecule has 4 bridgehead atoms. The largest absolute Gasteiger partial charge is 0.497 e. The third-order valence-electron chi connectivity index (χ3n) is 8.50. The molecule has 0 radical (unpaired) electrons. The first kappa shape index (κ1) is 26.3. The summed E-state index contributed by atoms with van der Waals surface area (Å²) in [6, 6.07) is 5.74. The predicted octanol–water partition coefficient (Wildman–Crippen LogP) is 2.40. The number of carbonyl (C=O) groups excluding carboxylic acids is 1. The van der Waals surface area contributed by atoms with Crippen molar-refractivity contribution < 1.29 is 33.2 Å². The fourth-order valence-corrected chi connectivity index (χ4v) is 6.24. The molecule has 1 aromatic carbocycles. The molecule has 3 fully saturated rings. The van der Waals surface area contributed by atoms with Crippen LogP contribution >= 0.6 is 0 Å². The van der Waals surface area contributed by atoms with Gasteiger partial charge in [0.05, 0.1) is 52.0 Å². The van der Waals surface area contributed by atoms with E-state index in [4.69, 9.17) is 33.4 Å². The van der Waals surface area contributed by atoms with Crippen molar-refractivity contribution in [1.29, 1.82) is 0 Å². The van der Waals surface area contributed by atoms with E-state index in [-0.39, 0.29) is 30.1 Å². The second kappa shape index (κ2) is 10.7. The van der Waals surface area contributed by atoms with Gasteiger partial charge in [-0.1, -0.05) is 0 Å². The minimum Gasteiger partial charge on any atom is -0.497 e. The fourth-order valence-electron chi connectivity index (χ4n) is 6.24. The van der Waals surface area contributed by atoms with Gasteiger partial charge in [0.2, 0.25) is 0 Å². The Balaban J connectivity index is 1.23. The van der Waals surface area contributed by atoms with Crippen molar-refractivity contribution in [3.05, 3.63) is 30.6 Å². The molecule has 0 unspecified atom stereocenters. The number of rotatable bonds is 7. The van der Waals surface area contributed by atoms with Crippen LogP contribution in [0.1, 0.15) is 19.3 Å². The van der Waals surface area contributed by atoms with E-state index < -0.39 is 6.10 Å². The van der Waals surface area contributed by atoms with Crippen LogP contribution in [0.4, 0.5) is 5.69 Å². The summed E-state index contributed by atoms with van der Waals surface area (Å²) in [6.07, 6.45) is 5.57. The van der Waals surface area contributed by atoms with Crippen molar-refractivity contribution in [3.8, 4) is 28.5 Å². The average molecular weight is 566 g/mol. The normalized spacial score (nSPS) is 23.4. The molecule has 218 valence electrons. The Morgan fingerprint density at radius 1 is 1.17 bits per heavy atom. The highest BCUT2D eigenvalue weighted by molar-refractivity contribution is 5.84. The number of anilines is 1. The first-order valence-electron chi connectivity index (χ1n) is 14.1. The molecule has 1 aliphatic carbocycles. The van der Waals surface area contributed by atoms with Crippen molar-refractivity contribution in [1.82, 2.24) is 19.5 Å². The summed E-state index contributed by atoms with van der Waals surface area (Å²) < 4.78 is 36.6. The van der Waals surface area contributed by atoms with E-state index in [1.165, 1.54) is 0 Å². The monoisotopic (exact) mass is 565 g/mol. The van der Waals surface area contributed by atoms with E-state index in [9.17, 15) is 4.79 Å². The summed E-state index contributed by atoms with van der Waals surface area (Å²) in [5, 5.41) is 8.05. The number of methoxy groups -OCH3 is 2. The van der Waals surface area contributed by atoms with Crippen LogP contribution in [0.25, 0.3) is 16.8 Å². The lowest BCUT2D eigenvalue weighted by molar-refractivity contribution is -0.191. The summed E-state index contributed by atoms with van der Waals surface area (Å²) in [5.74, 6) is 1.58. The van der Waals surface area contributed by atoms with E-state index in [1.807, 2.05) is 29.3 Å². The highest BCUT2D eigenvalue weighted by atomic mass is 16.5. The molecule has 41 heavy (non-hydrogen) atoms. The van der Waals surface area contributed by atoms with Gasteiger partial charge in [0.15, 0.2) is 11.4 Å². The van der Waals surface area contributed by atoms with Gasteiger partial charge in [-0.25, -0.2) is 4.52 Å². The van der Waals surface area contributed by atoms with Crippen LogP contribution in [0.15, 0.2) is 30.6 Å². The van der Waals surface area contributed by atoms with Gasteiger partial charge in [0.25, 0.3) is 11.8 Å². The van der Waals surface area contributed by atoms with Gasteiger partial charge >= 0.3 is 0 Å². The number of nitrogens with zero attached hydrogens (tertiary/aromatic N) is 4. The zero-order valence-corrected chi connectivity index (χ0v) is 23.3. The zero-order chi connectivity index (χ0) is 28.0. The summed E-state index contributed by atoms with van der Waals surface area (Å²) in [4.78, 5) is 20.1. The standard InChI is InChI=1S/C29H35N5O7/c1-36-5-6-39-24-10-20-15-40-27-25(41-22-11-29(12-22)16-38-17-29)14-34-26(32-27)23(13-31-34)18-7-19(9-21(8-18)37-2)30-3-4-33(20)28(24)35/h7-9,13-14,20,22,24,30H,3-6,10-12,15-17H2,1-2H3/t20-,24+/m0/s1. The van der Waals surface area contributed by atoms with Crippen molar-refractivity contribution in [2.75, 3.05) is 65.7 Å².